The van der Waals surface area contributed by atoms with Gasteiger partial charge in [-0.25, -0.2) is 4.79 Å². The Morgan fingerprint density at radius 2 is 1.69 bits per heavy atom. The highest BCUT2D eigenvalue weighted by atomic mass is 28.4. The summed E-state index contributed by atoms with van der Waals surface area (Å²) in [6.45, 7) is 30.5. The number of hydrogen-bond donors (Lipinski definition) is 3. The number of aliphatic hydroxyl groups is 2. The summed E-state index contributed by atoms with van der Waals surface area (Å²) in [6, 6.07) is 3.51. The molecule has 0 unspecified atom stereocenters. The molecule has 51 heavy (non-hydrogen) atoms. The number of aromatic amines is 1. The third kappa shape index (κ3) is 8.11. The minimum atomic E-state index is -2.35. The second kappa shape index (κ2) is 15.3. The van der Waals surface area contributed by atoms with Crippen LogP contribution >= 0.6 is 0 Å². The van der Waals surface area contributed by atoms with E-state index in [4.69, 9.17) is 23.1 Å². The lowest BCUT2D eigenvalue weighted by Gasteiger charge is -2.53. The fourth-order valence-electron chi connectivity index (χ4n) is 8.11. The number of carbonyl (C=O) groups excluding carboxylic acids is 1. The third-order valence-corrected chi connectivity index (χ3v) is 22.3. The van der Waals surface area contributed by atoms with E-state index in [-0.39, 0.29) is 58.5 Å². The van der Waals surface area contributed by atoms with Crippen LogP contribution in [-0.4, -0.2) is 93.7 Å². The van der Waals surface area contributed by atoms with Crippen LogP contribution in [0.15, 0.2) is 42.1 Å². The topological polar surface area (TPSA) is 119 Å². The van der Waals surface area contributed by atoms with Crippen molar-refractivity contribution < 1.29 is 38.1 Å². The average molecular weight is 748 g/mol. The molecule has 12 atom stereocenters. The largest absolute Gasteiger partial charge is 0.455 e. The molecule has 4 bridgehead atoms. The van der Waals surface area contributed by atoms with Gasteiger partial charge in [0.25, 0.3) is 0 Å². The number of H-pyrrole nitrogens is 1. The first kappa shape index (κ1) is 42.2. The summed E-state index contributed by atoms with van der Waals surface area (Å²) in [5, 5.41) is 22.0. The van der Waals surface area contributed by atoms with Gasteiger partial charge in [-0.2, -0.15) is 0 Å². The van der Waals surface area contributed by atoms with E-state index >= 15 is 0 Å². The highest BCUT2D eigenvalue weighted by Gasteiger charge is 2.70. The Morgan fingerprint density at radius 1 is 1.06 bits per heavy atom. The van der Waals surface area contributed by atoms with Crippen LogP contribution in [0.4, 0.5) is 0 Å². The average Bonchev–Trinajstić information content (AvgIpc) is 3.62. The first-order valence-corrected chi connectivity index (χ1v) is 24.8. The van der Waals surface area contributed by atoms with E-state index in [9.17, 15) is 15.0 Å². The van der Waals surface area contributed by atoms with Crippen molar-refractivity contribution in [2.75, 3.05) is 13.7 Å². The van der Waals surface area contributed by atoms with Crippen molar-refractivity contribution in [2.24, 2.45) is 29.6 Å². The minimum Gasteiger partial charge on any atom is -0.455 e. The zero-order valence-corrected chi connectivity index (χ0v) is 36.1. The van der Waals surface area contributed by atoms with Crippen molar-refractivity contribution in [3.8, 4) is 0 Å². The maximum Gasteiger partial charge on any atom is 0.355 e. The zero-order valence-electron chi connectivity index (χ0n) is 34.1. The van der Waals surface area contributed by atoms with Crippen molar-refractivity contribution in [1.82, 2.24) is 4.98 Å². The molecular weight excluding hydrogens is 679 g/mol. The SMILES string of the molecule is CO[C@H](CO)C[C@H]1C=C[C@H]2[C@@H]3O[C@]1(/C(C)=C/[C@@H](C)[C@H](O)[C@@H](C)O[Si](C)(C)C(C)(C)C)[C@@H]2[C@H](O[Si](C)(C)C(C)(C)C)[C@@H](C)[C@H]3OC(=O)c1ccc[nH]1. The molecule has 11 heteroatoms. The van der Waals surface area contributed by atoms with Gasteiger partial charge in [0.05, 0.1) is 31.0 Å². The maximum atomic E-state index is 13.5. The van der Waals surface area contributed by atoms with E-state index in [0.717, 1.165) is 5.57 Å². The molecule has 2 fully saturated rings. The normalized spacial score (nSPS) is 32.4. The highest BCUT2D eigenvalue weighted by Crippen LogP contribution is 2.62. The molecule has 1 aromatic heterocycles. The highest BCUT2D eigenvalue weighted by molar-refractivity contribution is 6.74. The molecule has 0 amide bonds. The number of aliphatic hydroxyl groups excluding tert-OH is 2. The lowest BCUT2D eigenvalue weighted by molar-refractivity contribution is -0.106. The molecule has 1 saturated heterocycles. The first-order chi connectivity index (χ1) is 23.4. The van der Waals surface area contributed by atoms with Crippen LogP contribution in [0.25, 0.3) is 0 Å². The van der Waals surface area contributed by atoms with Gasteiger partial charge in [-0.15, -0.1) is 0 Å². The van der Waals surface area contributed by atoms with E-state index in [1.165, 1.54) is 0 Å². The molecule has 2 heterocycles. The smallest absolute Gasteiger partial charge is 0.355 e. The molecule has 1 aliphatic heterocycles. The van der Waals surface area contributed by atoms with E-state index < -0.39 is 52.6 Å². The number of nitrogens with one attached hydrogen (secondary N) is 1. The van der Waals surface area contributed by atoms with E-state index in [0.29, 0.717) is 12.1 Å². The predicted octanol–water partition coefficient (Wildman–Crippen LogP) is 7.89. The number of methoxy groups -OCH3 is 1. The molecule has 9 nitrogen and oxygen atoms in total. The zero-order chi connectivity index (χ0) is 38.5. The van der Waals surface area contributed by atoms with Crippen LogP contribution in [0, 0.1) is 29.6 Å². The molecule has 0 aromatic carbocycles. The van der Waals surface area contributed by atoms with E-state index in [1.807, 2.05) is 13.8 Å². The van der Waals surface area contributed by atoms with E-state index in [2.05, 4.69) is 105 Å². The Bertz CT molecular complexity index is 1390. The maximum absolute atomic E-state index is 13.5. The van der Waals surface area contributed by atoms with Crippen LogP contribution in [-0.2, 0) is 23.1 Å². The second-order valence-electron chi connectivity index (χ2n) is 18.7. The molecule has 3 N–H and O–H groups in total. The number of carbonyl (C=O) groups is 1. The first-order valence-electron chi connectivity index (χ1n) is 19.0. The van der Waals surface area contributed by atoms with Crippen molar-refractivity contribution in [3.05, 3.63) is 47.8 Å². The fourth-order valence-corrected chi connectivity index (χ4v) is 10.9. The Kier molecular flexibility index (Phi) is 12.6. The third-order valence-electron chi connectivity index (χ3n) is 13.2. The lowest BCUT2D eigenvalue weighted by atomic mass is 9.57. The van der Waals surface area contributed by atoms with Crippen LogP contribution in [0.2, 0.25) is 36.3 Å². The van der Waals surface area contributed by atoms with Gasteiger partial charge < -0.3 is 38.3 Å². The van der Waals surface area contributed by atoms with Gasteiger partial charge in [0.2, 0.25) is 0 Å². The summed E-state index contributed by atoms with van der Waals surface area (Å²) in [6.07, 6.45) is 6.10. The van der Waals surface area contributed by atoms with Crippen molar-refractivity contribution >= 4 is 22.6 Å². The molecule has 0 radical (unpaired) electrons. The molecule has 3 aliphatic rings. The number of aromatic nitrogens is 1. The Balaban J connectivity index is 1.84. The standard InChI is InChI=1S/C40H69NO8Si2/c1-24(33(43)27(4)48-50(12,13)38(5,6)7)21-25(2)40-28(22-29(23-42)45-11)18-19-30-32(40)34(49-51(14,15)39(8,9)10)26(3)35(36(30)47-40)46-37(44)31-17-16-20-41-31/h16-21,24,26-30,32-36,41-43H,22-23H2,1-15H3/b25-21+/t24-,26-,27-,28-,29+,30-,32+,33+,34-,35-,36+,40+/m1/s1. The van der Waals surface area contributed by atoms with E-state index in [1.54, 1.807) is 25.4 Å². The van der Waals surface area contributed by atoms with Crippen molar-refractivity contribution in [3.63, 3.8) is 0 Å². The Labute approximate surface area is 310 Å². The summed E-state index contributed by atoms with van der Waals surface area (Å²) in [5.41, 5.74) is 0.539. The van der Waals surface area contributed by atoms with Crippen LogP contribution in [0.5, 0.6) is 0 Å². The molecule has 1 aromatic rings. The summed E-state index contributed by atoms with van der Waals surface area (Å²) < 4.78 is 33.7. The van der Waals surface area contributed by atoms with Crippen molar-refractivity contribution in [2.45, 2.75) is 154 Å². The number of hydrogen-bond acceptors (Lipinski definition) is 8. The minimum absolute atomic E-state index is 0.0160. The molecule has 1 saturated carbocycles. The fraction of sp³-hybridized carbons (Fsp3) is 0.775. The quantitative estimate of drug-likeness (QED) is 0.1000. The second-order valence-corrected chi connectivity index (χ2v) is 28.2. The van der Waals surface area contributed by atoms with Gasteiger partial charge in [0.1, 0.15) is 23.5 Å². The van der Waals surface area contributed by atoms with Gasteiger partial charge in [-0.05, 0) is 74.2 Å². The monoisotopic (exact) mass is 747 g/mol. The Morgan fingerprint density at radius 3 is 2.22 bits per heavy atom. The summed E-state index contributed by atoms with van der Waals surface area (Å²) in [5.74, 6) is -1.17. The molecule has 0 spiro atoms. The number of rotatable bonds is 14. The predicted molar refractivity (Wildman–Crippen MR) is 208 cm³/mol. The van der Waals surface area contributed by atoms with Crippen LogP contribution in [0.3, 0.4) is 0 Å². The van der Waals surface area contributed by atoms with Gasteiger partial charge in [-0.3, -0.25) is 0 Å². The van der Waals surface area contributed by atoms with Crippen molar-refractivity contribution in [1.29, 1.82) is 0 Å². The van der Waals surface area contributed by atoms with Gasteiger partial charge in [0.15, 0.2) is 16.6 Å². The molecule has 4 rings (SSSR count). The Hall–Kier alpha value is -1.58. The number of ether oxygens (including phenoxy) is 3. The van der Waals surface area contributed by atoms with Gasteiger partial charge in [-0.1, -0.05) is 73.6 Å². The summed E-state index contributed by atoms with van der Waals surface area (Å²) in [4.78, 5) is 16.5. The lowest BCUT2D eigenvalue weighted by Crippen LogP contribution is -2.60. The van der Waals surface area contributed by atoms with Crippen LogP contribution < -0.4 is 0 Å². The van der Waals surface area contributed by atoms with Crippen LogP contribution in [0.1, 0.15) is 86.1 Å². The molecule has 2 aliphatic carbocycles. The summed E-state index contributed by atoms with van der Waals surface area (Å²) >= 11 is 0. The number of esters is 1. The molecular formula is C40H69NO8Si2. The summed E-state index contributed by atoms with van der Waals surface area (Å²) in [7, 11) is -2.84. The van der Waals surface area contributed by atoms with Gasteiger partial charge in [0, 0.05) is 42.9 Å². The van der Waals surface area contributed by atoms with Gasteiger partial charge >= 0.3 is 5.97 Å². The molecule has 290 valence electrons.